The van der Waals surface area contributed by atoms with E-state index in [0.717, 1.165) is 18.9 Å². The summed E-state index contributed by atoms with van der Waals surface area (Å²) in [5, 5.41) is 7.55. The summed E-state index contributed by atoms with van der Waals surface area (Å²) in [5.41, 5.74) is 1.18. The van der Waals surface area contributed by atoms with Gasteiger partial charge in [0.1, 0.15) is 0 Å². The third-order valence-electron chi connectivity index (χ3n) is 2.10. The molecule has 13 heavy (non-hydrogen) atoms. The second-order valence-electron chi connectivity index (χ2n) is 3.47. The average Bonchev–Trinajstić information content (AvgIpc) is 2.36. The first kappa shape index (κ1) is 8.44. The quantitative estimate of drug-likeness (QED) is 0.703. The zero-order valence-electron chi connectivity index (χ0n) is 7.99. The maximum atomic E-state index is 4.38. The van der Waals surface area contributed by atoms with E-state index in [1.165, 1.54) is 5.56 Å². The fourth-order valence-corrected chi connectivity index (χ4v) is 1.44. The van der Waals surface area contributed by atoms with Crippen molar-refractivity contribution in [2.75, 3.05) is 6.54 Å². The minimum atomic E-state index is 0.374. The van der Waals surface area contributed by atoms with Crippen LogP contribution < -0.4 is 5.32 Å². The molecule has 0 bridgehead atoms. The molecule has 2 rings (SSSR count). The molecule has 4 heteroatoms. The number of aromatic nitrogens is 2. The molecule has 0 spiro atoms. The Morgan fingerprint density at radius 1 is 1.54 bits per heavy atom. The molecule has 1 aromatic rings. The summed E-state index contributed by atoms with van der Waals surface area (Å²) in [4.78, 5) is 4.38. The maximum Gasteiger partial charge on any atom is 0.154 e. The zero-order chi connectivity index (χ0) is 9.26. The van der Waals surface area contributed by atoms with Gasteiger partial charge in [0, 0.05) is 30.9 Å². The number of hydrogen-bond donors (Lipinski definition) is 1. The molecule has 70 valence electrons. The molecule has 0 saturated heterocycles. The van der Waals surface area contributed by atoms with Crippen LogP contribution in [0.2, 0.25) is 0 Å². The van der Waals surface area contributed by atoms with Crippen LogP contribution >= 0.6 is 0 Å². The maximum absolute atomic E-state index is 4.38. The van der Waals surface area contributed by atoms with Crippen LogP contribution in [0.5, 0.6) is 0 Å². The van der Waals surface area contributed by atoms with E-state index in [2.05, 4.69) is 29.3 Å². The van der Waals surface area contributed by atoms with Crippen molar-refractivity contribution in [3.8, 4) is 0 Å². The standard InChI is InChI=1S/C9H14N4/c1-7(2)13-9-8(6-12-13)5-10-3-4-11-9/h4,6-7,10H,3,5H2,1-2H3. The van der Waals surface area contributed by atoms with Crippen molar-refractivity contribution in [2.45, 2.75) is 26.4 Å². The molecule has 1 N–H and O–H groups in total. The van der Waals surface area contributed by atoms with Gasteiger partial charge in [0.2, 0.25) is 0 Å². The van der Waals surface area contributed by atoms with Gasteiger partial charge in [0.15, 0.2) is 5.82 Å². The Labute approximate surface area is 77.7 Å². The number of nitrogens with zero attached hydrogens (tertiary/aromatic N) is 3. The van der Waals surface area contributed by atoms with Crippen LogP contribution in [-0.2, 0) is 6.54 Å². The molecule has 0 aliphatic carbocycles. The number of nitrogens with one attached hydrogen (secondary N) is 1. The Bertz CT molecular complexity index is 324. The van der Waals surface area contributed by atoms with Crippen molar-refractivity contribution in [2.24, 2.45) is 4.99 Å². The molecule has 0 amide bonds. The average molecular weight is 178 g/mol. The number of rotatable bonds is 1. The lowest BCUT2D eigenvalue weighted by molar-refractivity contribution is 0.537. The van der Waals surface area contributed by atoms with Crippen LogP contribution in [0.15, 0.2) is 11.2 Å². The van der Waals surface area contributed by atoms with Gasteiger partial charge in [-0.05, 0) is 13.8 Å². The molecule has 4 nitrogen and oxygen atoms in total. The second-order valence-corrected chi connectivity index (χ2v) is 3.47. The lowest BCUT2D eigenvalue weighted by Crippen LogP contribution is -2.13. The monoisotopic (exact) mass is 178 g/mol. The largest absolute Gasteiger partial charge is 0.307 e. The van der Waals surface area contributed by atoms with E-state index >= 15 is 0 Å². The van der Waals surface area contributed by atoms with E-state index in [4.69, 9.17) is 0 Å². The first-order valence-electron chi connectivity index (χ1n) is 4.58. The summed E-state index contributed by atoms with van der Waals surface area (Å²) in [5.74, 6) is 1.00. The first-order valence-corrected chi connectivity index (χ1v) is 4.58. The predicted octanol–water partition coefficient (Wildman–Crippen LogP) is 1.27. The first-order chi connectivity index (χ1) is 6.29. The Kier molecular flexibility index (Phi) is 2.14. The smallest absolute Gasteiger partial charge is 0.154 e. The fourth-order valence-electron chi connectivity index (χ4n) is 1.44. The van der Waals surface area contributed by atoms with Gasteiger partial charge in [0.25, 0.3) is 0 Å². The number of aliphatic imine (C=N–C) groups is 1. The van der Waals surface area contributed by atoms with Crippen molar-refractivity contribution < 1.29 is 0 Å². The number of hydrogen-bond acceptors (Lipinski definition) is 3. The highest BCUT2D eigenvalue weighted by molar-refractivity contribution is 5.66. The molecule has 2 heterocycles. The van der Waals surface area contributed by atoms with Gasteiger partial charge in [-0.1, -0.05) is 0 Å². The fraction of sp³-hybridized carbons (Fsp3) is 0.556. The summed E-state index contributed by atoms with van der Waals surface area (Å²) >= 11 is 0. The van der Waals surface area contributed by atoms with Gasteiger partial charge in [-0.25, -0.2) is 9.67 Å². The number of fused-ring (bicyclic) bond motifs is 1. The topological polar surface area (TPSA) is 42.2 Å². The molecule has 0 aromatic carbocycles. The van der Waals surface area contributed by atoms with Crippen molar-refractivity contribution in [1.82, 2.24) is 15.1 Å². The van der Waals surface area contributed by atoms with Crippen LogP contribution in [0.3, 0.4) is 0 Å². The van der Waals surface area contributed by atoms with Gasteiger partial charge < -0.3 is 5.32 Å². The van der Waals surface area contributed by atoms with Crippen molar-refractivity contribution in [1.29, 1.82) is 0 Å². The summed E-state index contributed by atoms with van der Waals surface area (Å²) in [7, 11) is 0. The third kappa shape index (κ3) is 1.49. The Hall–Kier alpha value is -1.16. The van der Waals surface area contributed by atoms with Crippen molar-refractivity contribution in [3.63, 3.8) is 0 Å². The van der Waals surface area contributed by atoms with Crippen molar-refractivity contribution >= 4 is 12.0 Å². The van der Waals surface area contributed by atoms with Gasteiger partial charge >= 0.3 is 0 Å². The van der Waals surface area contributed by atoms with E-state index in [1.54, 1.807) is 0 Å². The SMILES string of the molecule is CC(C)n1ncc2c1N=CCNC2. The molecule has 0 fully saturated rings. The van der Waals surface area contributed by atoms with Gasteiger partial charge in [0.05, 0.1) is 6.20 Å². The van der Waals surface area contributed by atoms with E-state index in [1.807, 2.05) is 17.1 Å². The summed E-state index contributed by atoms with van der Waals surface area (Å²) in [6.45, 7) is 5.93. The van der Waals surface area contributed by atoms with Crippen LogP contribution in [0.25, 0.3) is 0 Å². The van der Waals surface area contributed by atoms with E-state index in [0.29, 0.717) is 6.04 Å². The van der Waals surface area contributed by atoms with Gasteiger partial charge in [-0.15, -0.1) is 0 Å². The van der Waals surface area contributed by atoms with E-state index in [9.17, 15) is 0 Å². The van der Waals surface area contributed by atoms with Crippen LogP contribution in [0.1, 0.15) is 25.5 Å². The normalized spacial score (nSPS) is 15.9. The van der Waals surface area contributed by atoms with Gasteiger partial charge in [-0.3, -0.25) is 0 Å². The third-order valence-corrected chi connectivity index (χ3v) is 2.10. The molecule has 0 saturated carbocycles. The van der Waals surface area contributed by atoms with Crippen LogP contribution in [-0.4, -0.2) is 22.5 Å². The molecular formula is C9H14N4. The zero-order valence-corrected chi connectivity index (χ0v) is 7.99. The lowest BCUT2D eigenvalue weighted by atomic mass is 10.3. The Balaban J connectivity index is 2.44. The molecule has 0 radical (unpaired) electrons. The highest BCUT2D eigenvalue weighted by atomic mass is 15.3. The Morgan fingerprint density at radius 3 is 3.15 bits per heavy atom. The van der Waals surface area contributed by atoms with Crippen LogP contribution in [0, 0.1) is 0 Å². The highest BCUT2D eigenvalue weighted by Crippen LogP contribution is 2.23. The Morgan fingerprint density at radius 2 is 2.38 bits per heavy atom. The van der Waals surface area contributed by atoms with E-state index < -0.39 is 0 Å². The summed E-state index contributed by atoms with van der Waals surface area (Å²) in [6.07, 6.45) is 3.79. The minimum absolute atomic E-state index is 0.374. The lowest BCUT2D eigenvalue weighted by Gasteiger charge is -2.07. The highest BCUT2D eigenvalue weighted by Gasteiger charge is 2.12. The van der Waals surface area contributed by atoms with Crippen molar-refractivity contribution in [3.05, 3.63) is 11.8 Å². The molecule has 1 aliphatic heterocycles. The minimum Gasteiger partial charge on any atom is -0.307 e. The molecule has 0 unspecified atom stereocenters. The molecular weight excluding hydrogens is 164 g/mol. The van der Waals surface area contributed by atoms with E-state index in [-0.39, 0.29) is 0 Å². The second kappa shape index (κ2) is 3.30. The predicted molar refractivity (Wildman–Crippen MR) is 52.5 cm³/mol. The summed E-state index contributed by atoms with van der Waals surface area (Å²) in [6, 6.07) is 0.374. The van der Waals surface area contributed by atoms with Crippen LogP contribution in [0.4, 0.5) is 5.82 Å². The molecule has 1 aliphatic rings. The van der Waals surface area contributed by atoms with Gasteiger partial charge in [-0.2, -0.15) is 5.10 Å². The molecule has 0 atom stereocenters. The molecule has 1 aromatic heterocycles. The summed E-state index contributed by atoms with van der Waals surface area (Å²) < 4.78 is 1.96.